The van der Waals surface area contributed by atoms with Crippen molar-refractivity contribution in [3.05, 3.63) is 17.3 Å². The predicted octanol–water partition coefficient (Wildman–Crippen LogP) is 1.95. The fourth-order valence-corrected chi connectivity index (χ4v) is 3.47. The molecule has 1 aliphatic heterocycles. The van der Waals surface area contributed by atoms with Gasteiger partial charge in [-0.2, -0.15) is 0 Å². The molecule has 1 aliphatic rings. The van der Waals surface area contributed by atoms with Gasteiger partial charge in [0.05, 0.1) is 12.6 Å². The molecule has 1 saturated heterocycles. The van der Waals surface area contributed by atoms with Crippen molar-refractivity contribution >= 4 is 28.4 Å². The number of aromatic nitrogens is 2. The molecular weight excluding hydrogens is 262 g/mol. The van der Waals surface area contributed by atoms with Crippen molar-refractivity contribution < 1.29 is 9.90 Å². The highest BCUT2D eigenvalue weighted by molar-refractivity contribution is 7.15. The third kappa shape index (κ3) is 2.15. The van der Waals surface area contributed by atoms with Crippen LogP contribution in [0.5, 0.6) is 0 Å². The molecule has 2 aromatic rings. The molecule has 3 heterocycles. The fourth-order valence-electron chi connectivity index (χ4n) is 2.76. The lowest BCUT2D eigenvalue weighted by Crippen LogP contribution is -2.38. The molecule has 0 spiro atoms. The van der Waals surface area contributed by atoms with Crippen LogP contribution in [0.1, 0.15) is 36.2 Å². The zero-order valence-corrected chi connectivity index (χ0v) is 11.5. The Morgan fingerprint density at radius 2 is 2.37 bits per heavy atom. The highest BCUT2D eigenvalue weighted by Gasteiger charge is 2.26. The number of nitrogens with zero attached hydrogens (tertiary/aromatic N) is 3. The first kappa shape index (κ1) is 12.6. The van der Waals surface area contributed by atoms with E-state index < -0.39 is 0 Å². The number of aliphatic hydroxyl groups is 1. The molecule has 6 heteroatoms. The van der Waals surface area contributed by atoms with E-state index in [0.29, 0.717) is 5.69 Å². The molecule has 1 N–H and O–H groups in total. The molecule has 1 fully saturated rings. The summed E-state index contributed by atoms with van der Waals surface area (Å²) in [5.74, 6) is 0.725. The maximum absolute atomic E-state index is 11.4. The minimum Gasteiger partial charge on any atom is -0.394 e. The van der Waals surface area contributed by atoms with Crippen LogP contribution >= 0.6 is 11.3 Å². The third-order valence-electron chi connectivity index (χ3n) is 3.75. The van der Waals surface area contributed by atoms with Crippen molar-refractivity contribution in [2.24, 2.45) is 0 Å². The smallest absolute Gasteiger partial charge is 0.196 e. The van der Waals surface area contributed by atoms with Crippen molar-refractivity contribution in [3.63, 3.8) is 0 Å². The molecule has 1 atom stereocenters. The number of hydrogen-bond acceptors (Lipinski definition) is 5. The number of imidazole rings is 1. The summed E-state index contributed by atoms with van der Waals surface area (Å²) in [5.41, 5.74) is 0.594. The van der Waals surface area contributed by atoms with E-state index in [0.717, 1.165) is 42.9 Å². The Kier molecular flexibility index (Phi) is 3.52. The van der Waals surface area contributed by atoms with E-state index in [2.05, 4.69) is 9.88 Å². The number of aldehydes is 1. The number of anilines is 1. The van der Waals surface area contributed by atoms with Crippen LogP contribution in [0.2, 0.25) is 0 Å². The summed E-state index contributed by atoms with van der Waals surface area (Å²) >= 11 is 1.52. The Morgan fingerprint density at radius 3 is 3.16 bits per heavy atom. The SMILES string of the molecule is O=Cc1c(N2CCCCCC2CO)nc2sccn12. The van der Waals surface area contributed by atoms with E-state index in [1.54, 1.807) is 0 Å². The third-order valence-corrected chi connectivity index (χ3v) is 4.51. The summed E-state index contributed by atoms with van der Waals surface area (Å²) < 4.78 is 1.83. The Balaban J connectivity index is 2.05. The van der Waals surface area contributed by atoms with Crippen molar-refractivity contribution in [2.45, 2.75) is 31.7 Å². The highest BCUT2D eigenvalue weighted by Crippen LogP contribution is 2.28. The van der Waals surface area contributed by atoms with Crippen LogP contribution in [-0.4, -0.2) is 40.0 Å². The van der Waals surface area contributed by atoms with E-state index in [4.69, 9.17) is 0 Å². The summed E-state index contributed by atoms with van der Waals surface area (Å²) in [6.45, 7) is 0.973. The van der Waals surface area contributed by atoms with Gasteiger partial charge in [0.15, 0.2) is 17.1 Å². The van der Waals surface area contributed by atoms with E-state index in [1.165, 1.54) is 17.8 Å². The van der Waals surface area contributed by atoms with E-state index in [1.807, 2.05) is 16.0 Å². The van der Waals surface area contributed by atoms with E-state index in [-0.39, 0.29) is 12.6 Å². The van der Waals surface area contributed by atoms with Crippen LogP contribution < -0.4 is 4.90 Å². The normalized spacial score (nSPS) is 20.7. The van der Waals surface area contributed by atoms with Crippen LogP contribution in [0.25, 0.3) is 4.96 Å². The molecule has 2 aromatic heterocycles. The molecule has 0 aromatic carbocycles. The zero-order valence-electron chi connectivity index (χ0n) is 10.7. The van der Waals surface area contributed by atoms with Gasteiger partial charge in [-0.25, -0.2) is 4.98 Å². The lowest BCUT2D eigenvalue weighted by atomic mass is 10.1. The number of fused-ring (bicyclic) bond motifs is 1. The number of carbonyl (C=O) groups excluding carboxylic acids is 1. The highest BCUT2D eigenvalue weighted by atomic mass is 32.1. The van der Waals surface area contributed by atoms with Gasteiger partial charge in [-0.3, -0.25) is 9.20 Å². The largest absolute Gasteiger partial charge is 0.394 e. The minimum absolute atomic E-state index is 0.0748. The van der Waals surface area contributed by atoms with E-state index in [9.17, 15) is 9.90 Å². The number of aliphatic hydroxyl groups excluding tert-OH is 1. The maximum atomic E-state index is 11.4. The van der Waals surface area contributed by atoms with Crippen LogP contribution in [0.3, 0.4) is 0 Å². The van der Waals surface area contributed by atoms with E-state index >= 15 is 0 Å². The Hall–Kier alpha value is -1.40. The molecule has 0 amide bonds. The summed E-state index contributed by atoms with van der Waals surface area (Å²) in [6.07, 6.45) is 7.07. The zero-order chi connectivity index (χ0) is 13.2. The fraction of sp³-hybridized carbons (Fsp3) is 0.538. The van der Waals surface area contributed by atoms with Crippen molar-refractivity contribution in [2.75, 3.05) is 18.1 Å². The number of rotatable bonds is 3. The first-order chi connectivity index (χ1) is 9.35. The molecular formula is C13H17N3O2S. The average molecular weight is 279 g/mol. The summed E-state index contributed by atoms with van der Waals surface area (Å²) in [5, 5.41) is 11.5. The topological polar surface area (TPSA) is 57.8 Å². The van der Waals surface area contributed by atoms with Crippen LogP contribution in [0.4, 0.5) is 5.82 Å². The van der Waals surface area contributed by atoms with Crippen molar-refractivity contribution in [1.82, 2.24) is 9.38 Å². The van der Waals surface area contributed by atoms with Gasteiger partial charge in [0, 0.05) is 18.1 Å². The molecule has 0 aliphatic carbocycles. The summed E-state index contributed by atoms with van der Waals surface area (Å²) in [6, 6.07) is 0.0748. The molecule has 19 heavy (non-hydrogen) atoms. The standard InChI is InChI=1S/C13H17N3O2S/c17-8-10-4-2-1-3-5-15(10)12-11(9-18)16-6-7-19-13(16)14-12/h6-7,9-10,17H,1-5,8H2. The number of carbonyl (C=O) groups is 1. The predicted molar refractivity (Wildman–Crippen MR) is 75.1 cm³/mol. The number of hydrogen-bond donors (Lipinski definition) is 1. The summed E-state index contributed by atoms with van der Waals surface area (Å²) in [7, 11) is 0. The Bertz CT molecular complexity index is 577. The Labute approximate surface area is 115 Å². The van der Waals surface area contributed by atoms with Crippen molar-refractivity contribution in [1.29, 1.82) is 0 Å². The molecule has 5 nitrogen and oxygen atoms in total. The van der Waals surface area contributed by atoms with Gasteiger partial charge in [-0.05, 0) is 12.8 Å². The molecule has 1 unspecified atom stereocenters. The second-order valence-corrected chi connectivity index (χ2v) is 5.75. The molecule has 0 bridgehead atoms. The first-order valence-corrected chi connectivity index (χ1v) is 7.51. The van der Waals surface area contributed by atoms with Crippen LogP contribution in [-0.2, 0) is 0 Å². The van der Waals surface area contributed by atoms with Gasteiger partial charge in [0.2, 0.25) is 0 Å². The molecule has 3 rings (SSSR count). The molecule has 0 radical (unpaired) electrons. The van der Waals surface area contributed by atoms with Gasteiger partial charge in [0.25, 0.3) is 0 Å². The molecule has 102 valence electrons. The quantitative estimate of drug-likeness (QED) is 0.872. The summed E-state index contributed by atoms with van der Waals surface area (Å²) in [4.78, 5) is 18.9. The lowest BCUT2D eigenvalue weighted by molar-refractivity contribution is 0.111. The van der Waals surface area contributed by atoms with Crippen LogP contribution in [0, 0.1) is 0 Å². The van der Waals surface area contributed by atoms with Gasteiger partial charge in [-0.1, -0.05) is 12.8 Å². The van der Waals surface area contributed by atoms with Crippen LogP contribution in [0.15, 0.2) is 11.6 Å². The molecule has 0 saturated carbocycles. The Morgan fingerprint density at radius 1 is 1.47 bits per heavy atom. The van der Waals surface area contributed by atoms with Gasteiger partial charge in [0.1, 0.15) is 5.69 Å². The lowest BCUT2D eigenvalue weighted by Gasteiger charge is -2.29. The second-order valence-electron chi connectivity index (χ2n) is 4.87. The van der Waals surface area contributed by atoms with Gasteiger partial charge in [-0.15, -0.1) is 11.3 Å². The maximum Gasteiger partial charge on any atom is 0.196 e. The average Bonchev–Trinajstić information content (AvgIpc) is 2.91. The van der Waals surface area contributed by atoms with Gasteiger partial charge < -0.3 is 10.0 Å². The minimum atomic E-state index is 0.0748. The first-order valence-electron chi connectivity index (χ1n) is 6.63. The monoisotopic (exact) mass is 279 g/mol. The number of thiazole rings is 1. The van der Waals surface area contributed by atoms with Crippen molar-refractivity contribution in [3.8, 4) is 0 Å². The second kappa shape index (κ2) is 5.30. The van der Waals surface area contributed by atoms with Gasteiger partial charge >= 0.3 is 0 Å².